The van der Waals surface area contributed by atoms with Crippen molar-refractivity contribution < 1.29 is 32.2 Å². The number of rotatable bonds is 12. The van der Waals surface area contributed by atoms with Gasteiger partial charge in [0.05, 0.1) is 45.1 Å². The van der Waals surface area contributed by atoms with Crippen LogP contribution in [-0.2, 0) is 14.8 Å². The molecule has 39 heavy (non-hydrogen) atoms. The molecular formula is C29H36N2O7S. The molecule has 0 fully saturated rings. The van der Waals surface area contributed by atoms with E-state index in [9.17, 15) is 13.2 Å². The fraction of sp³-hybridized carbons (Fsp3) is 0.345. The van der Waals surface area contributed by atoms with Crippen molar-refractivity contribution in [3.8, 4) is 23.0 Å². The van der Waals surface area contributed by atoms with Gasteiger partial charge in [0.25, 0.3) is 10.0 Å². The van der Waals surface area contributed by atoms with Crippen molar-refractivity contribution >= 4 is 21.6 Å². The van der Waals surface area contributed by atoms with E-state index in [0.717, 1.165) is 21.0 Å². The molecule has 10 heteroatoms. The van der Waals surface area contributed by atoms with Crippen molar-refractivity contribution in [2.24, 2.45) is 0 Å². The molecule has 0 aromatic heterocycles. The maximum Gasteiger partial charge on any atom is 0.265 e. The Morgan fingerprint density at radius 3 is 2.10 bits per heavy atom. The number of ether oxygens (including phenoxy) is 4. The van der Waals surface area contributed by atoms with Crippen LogP contribution in [0.1, 0.15) is 36.1 Å². The standard InChI is InChI=1S/C29H36N2O7S/c1-8-24(23-12-9-19(2)15-20(23)3)30-29(32)18-31(25-16-21(35-4)10-13-26(25)36-5)39(33,34)22-11-14-27(37-6)28(17-22)38-7/h9-17,24H,8,18H2,1-7H3,(H,30,32). The van der Waals surface area contributed by atoms with Gasteiger partial charge in [0.2, 0.25) is 5.91 Å². The van der Waals surface area contributed by atoms with Gasteiger partial charge in [-0.25, -0.2) is 8.42 Å². The molecule has 1 N–H and O–H groups in total. The molecule has 1 unspecified atom stereocenters. The van der Waals surface area contributed by atoms with Crippen LogP contribution in [0, 0.1) is 13.8 Å². The quantitative estimate of drug-likeness (QED) is 0.342. The van der Waals surface area contributed by atoms with Gasteiger partial charge in [-0.05, 0) is 55.7 Å². The number of nitrogens with one attached hydrogen (secondary N) is 1. The van der Waals surface area contributed by atoms with E-state index in [-0.39, 0.29) is 28.1 Å². The first-order valence-electron chi connectivity index (χ1n) is 12.4. The summed E-state index contributed by atoms with van der Waals surface area (Å²) in [4.78, 5) is 13.4. The second-order valence-electron chi connectivity index (χ2n) is 8.95. The van der Waals surface area contributed by atoms with Gasteiger partial charge in [-0.15, -0.1) is 0 Å². The minimum atomic E-state index is -4.28. The molecular weight excluding hydrogens is 520 g/mol. The van der Waals surface area contributed by atoms with Crippen LogP contribution in [0.25, 0.3) is 0 Å². The molecule has 0 aliphatic heterocycles. The molecule has 0 spiro atoms. The van der Waals surface area contributed by atoms with Crippen molar-refractivity contribution in [3.63, 3.8) is 0 Å². The maximum atomic E-state index is 14.1. The third-order valence-corrected chi connectivity index (χ3v) is 8.18. The SMILES string of the molecule is CCC(NC(=O)CN(c1cc(OC)ccc1OC)S(=O)(=O)c1ccc(OC)c(OC)c1)c1ccc(C)cc1C. The summed E-state index contributed by atoms with van der Waals surface area (Å²) in [6.07, 6.45) is 0.626. The molecule has 0 heterocycles. The molecule has 3 aromatic rings. The molecule has 1 atom stereocenters. The molecule has 0 saturated heterocycles. The highest BCUT2D eigenvalue weighted by molar-refractivity contribution is 7.92. The van der Waals surface area contributed by atoms with E-state index in [0.29, 0.717) is 17.9 Å². The largest absolute Gasteiger partial charge is 0.497 e. The van der Waals surface area contributed by atoms with Gasteiger partial charge in [-0.1, -0.05) is 30.7 Å². The number of sulfonamides is 1. The van der Waals surface area contributed by atoms with Crippen LogP contribution in [0.2, 0.25) is 0 Å². The van der Waals surface area contributed by atoms with Crippen molar-refractivity contribution in [2.45, 2.75) is 38.1 Å². The number of aryl methyl sites for hydroxylation is 2. The summed E-state index contributed by atoms with van der Waals surface area (Å²) < 4.78 is 50.6. The van der Waals surface area contributed by atoms with E-state index in [1.54, 1.807) is 12.1 Å². The number of anilines is 1. The average molecular weight is 557 g/mol. The monoisotopic (exact) mass is 556 g/mol. The van der Waals surface area contributed by atoms with Gasteiger partial charge in [-0.3, -0.25) is 9.10 Å². The number of hydrogen-bond donors (Lipinski definition) is 1. The van der Waals surface area contributed by atoms with E-state index < -0.39 is 22.5 Å². The molecule has 210 valence electrons. The Morgan fingerprint density at radius 1 is 0.846 bits per heavy atom. The zero-order valence-electron chi connectivity index (χ0n) is 23.4. The lowest BCUT2D eigenvalue weighted by Gasteiger charge is -2.27. The van der Waals surface area contributed by atoms with E-state index in [1.165, 1.54) is 52.7 Å². The third kappa shape index (κ3) is 6.57. The number of carbonyl (C=O) groups excluding carboxylic acids is 1. The lowest BCUT2D eigenvalue weighted by Crippen LogP contribution is -2.42. The van der Waals surface area contributed by atoms with Crippen molar-refractivity contribution in [2.75, 3.05) is 39.3 Å². The normalized spacial score (nSPS) is 11.9. The van der Waals surface area contributed by atoms with Gasteiger partial charge >= 0.3 is 0 Å². The second kappa shape index (κ2) is 12.8. The number of methoxy groups -OCH3 is 4. The van der Waals surface area contributed by atoms with Crippen LogP contribution in [0.4, 0.5) is 5.69 Å². The van der Waals surface area contributed by atoms with Gasteiger partial charge in [0.15, 0.2) is 11.5 Å². The highest BCUT2D eigenvalue weighted by atomic mass is 32.2. The Morgan fingerprint density at radius 2 is 1.51 bits per heavy atom. The van der Waals surface area contributed by atoms with Gasteiger partial charge in [-0.2, -0.15) is 0 Å². The Hall–Kier alpha value is -3.92. The molecule has 0 bridgehead atoms. The van der Waals surface area contributed by atoms with E-state index in [1.807, 2.05) is 32.9 Å². The molecule has 3 aromatic carbocycles. The number of benzene rings is 3. The first-order chi connectivity index (χ1) is 18.6. The lowest BCUT2D eigenvalue weighted by atomic mass is 9.97. The first-order valence-corrected chi connectivity index (χ1v) is 13.9. The fourth-order valence-corrected chi connectivity index (χ4v) is 5.82. The second-order valence-corrected chi connectivity index (χ2v) is 10.8. The predicted octanol–water partition coefficient (Wildman–Crippen LogP) is 4.80. The van der Waals surface area contributed by atoms with Crippen molar-refractivity contribution in [3.05, 3.63) is 71.3 Å². The smallest absolute Gasteiger partial charge is 0.265 e. The summed E-state index contributed by atoms with van der Waals surface area (Å²) in [5, 5.41) is 3.01. The van der Waals surface area contributed by atoms with Crippen LogP contribution >= 0.6 is 0 Å². The number of nitrogens with zero attached hydrogens (tertiary/aromatic N) is 1. The molecule has 0 aliphatic rings. The van der Waals surface area contributed by atoms with Gasteiger partial charge in [0.1, 0.15) is 18.0 Å². The number of hydrogen-bond acceptors (Lipinski definition) is 7. The van der Waals surface area contributed by atoms with Crippen LogP contribution in [-0.4, -0.2) is 49.3 Å². The van der Waals surface area contributed by atoms with E-state index in [2.05, 4.69) is 11.4 Å². The predicted molar refractivity (Wildman–Crippen MR) is 151 cm³/mol. The molecule has 0 aliphatic carbocycles. The molecule has 3 rings (SSSR count). The lowest BCUT2D eigenvalue weighted by molar-refractivity contribution is -0.120. The molecule has 0 radical (unpaired) electrons. The Labute approximate surface area is 230 Å². The van der Waals surface area contributed by atoms with Crippen LogP contribution in [0.5, 0.6) is 23.0 Å². The van der Waals surface area contributed by atoms with Crippen LogP contribution < -0.4 is 28.6 Å². The summed E-state index contributed by atoms with van der Waals surface area (Å²) in [5.74, 6) is 0.797. The highest BCUT2D eigenvalue weighted by Crippen LogP contribution is 2.37. The summed E-state index contributed by atoms with van der Waals surface area (Å²) in [5.41, 5.74) is 3.30. The van der Waals surface area contributed by atoms with Gasteiger partial charge in [0, 0.05) is 12.1 Å². The average Bonchev–Trinajstić information content (AvgIpc) is 2.94. The summed E-state index contributed by atoms with van der Waals surface area (Å²) >= 11 is 0. The first kappa shape index (κ1) is 29.6. The van der Waals surface area contributed by atoms with E-state index >= 15 is 0 Å². The fourth-order valence-electron chi connectivity index (χ4n) is 4.38. The topological polar surface area (TPSA) is 103 Å². The summed E-state index contributed by atoms with van der Waals surface area (Å²) in [6.45, 7) is 5.47. The summed E-state index contributed by atoms with van der Waals surface area (Å²) in [6, 6.07) is 14.8. The van der Waals surface area contributed by atoms with Crippen LogP contribution in [0.15, 0.2) is 59.5 Å². The summed E-state index contributed by atoms with van der Waals surface area (Å²) in [7, 11) is 1.50. The molecule has 0 saturated carbocycles. The zero-order chi connectivity index (χ0) is 28.7. The minimum absolute atomic E-state index is 0.0840. The Bertz CT molecular complexity index is 1420. The molecule has 9 nitrogen and oxygen atoms in total. The van der Waals surface area contributed by atoms with E-state index in [4.69, 9.17) is 18.9 Å². The maximum absolute atomic E-state index is 14.1. The Kier molecular flexibility index (Phi) is 9.69. The number of amides is 1. The number of carbonyl (C=O) groups is 1. The van der Waals surface area contributed by atoms with Crippen molar-refractivity contribution in [1.82, 2.24) is 5.32 Å². The van der Waals surface area contributed by atoms with Crippen molar-refractivity contribution in [1.29, 1.82) is 0 Å². The van der Waals surface area contributed by atoms with Crippen LogP contribution in [0.3, 0.4) is 0 Å². The van der Waals surface area contributed by atoms with Gasteiger partial charge < -0.3 is 24.3 Å². The third-order valence-electron chi connectivity index (χ3n) is 6.43. The Balaban J connectivity index is 2.07. The minimum Gasteiger partial charge on any atom is -0.497 e. The highest BCUT2D eigenvalue weighted by Gasteiger charge is 2.31. The zero-order valence-corrected chi connectivity index (χ0v) is 24.2. The molecule has 1 amide bonds.